The SMILES string of the molecule is CCCCCC[C@](C)(O)[C@H]1CC[C@H]2[C@@H]3CC(OC(=O)CCC(=O)NCCOCCOCC(=O)Nc4ccc(OC)c(C(N)=O)c4O)[C@H]4C[C@@H](O)CC[C@]4(C)[C@H]3CC[C@@]21C. The fourth-order valence-electron chi connectivity index (χ4n) is 11.9. The summed E-state index contributed by atoms with van der Waals surface area (Å²) in [6.07, 6.45) is 12.1. The van der Waals surface area contributed by atoms with Crippen LogP contribution in [0.5, 0.6) is 11.5 Å². The van der Waals surface area contributed by atoms with E-state index in [9.17, 15) is 34.5 Å². The molecule has 0 aliphatic heterocycles. The lowest BCUT2D eigenvalue weighted by molar-refractivity contribution is -0.197. The van der Waals surface area contributed by atoms with Crippen LogP contribution in [0, 0.1) is 40.4 Å². The summed E-state index contributed by atoms with van der Waals surface area (Å²) in [7, 11) is 1.32. The summed E-state index contributed by atoms with van der Waals surface area (Å²) < 4.78 is 22.1. The number of carbonyl (C=O) groups excluding carboxylic acids is 4. The van der Waals surface area contributed by atoms with Crippen LogP contribution in [0.25, 0.3) is 0 Å². The molecule has 7 N–H and O–H groups in total. The topological polar surface area (TPSA) is 216 Å². The van der Waals surface area contributed by atoms with Crippen molar-refractivity contribution in [1.82, 2.24) is 5.32 Å². The number of ether oxygens (including phenoxy) is 4. The minimum Gasteiger partial charge on any atom is -0.505 e. The molecule has 0 radical (unpaired) electrons. The molecular formula is C45H71N3O11. The van der Waals surface area contributed by atoms with Crippen LogP contribution in [0.1, 0.15) is 134 Å². The highest BCUT2D eigenvalue weighted by molar-refractivity contribution is 6.02. The first-order valence-electron chi connectivity index (χ1n) is 22.1. The van der Waals surface area contributed by atoms with E-state index in [0.29, 0.717) is 24.2 Å². The van der Waals surface area contributed by atoms with Gasteiger partial charge in [0.25, 0.3) is 5.91 Å². The van der Waals surface area contributed by atoms with Crippen LogP contribution in [0.3, 0.4) is 0 Å². The third kappa shape index (κ3) is 10.9. The molecule has 1 aromatic carbocycles. The van der Waals surface area contributed by atoms with Crippen molar-refractivity contribution >= 4 is 29.4 Å². The van der Waals surface area contributed by atoms with Gasteiger partial charge in [-0.25, -0.2) is 0 Å². The van der Waals surface area contributed by atoms with Crippen LogP contribution < -0.4 is 21.1 Å². The number of primary amides is 1. The second-order valence-electron chi connectivity index (χ2n) is 18.5. The molecule has 59 heavy (non-hydrogen) atoms. The lowest BCUT2D eigenvalue weighted by Gasteiger charge is -2.63. The van der Waals surface area contributed by atoms with Crippen molar-refractivity contribution in [3.05, 3.63) is 17.7 Å². The van der Waals surface area contributed by atoms with Crippen molar-refractivity contribution in [2.75, 3.05) is 45.4 Å². The average molecular weight is 830 g/mol. The molecule has 0 bridgehead atoms. The number of rotatable bonds is 21. The number of amides is 3. The molecule has 14 nitrogen and oxygen atoms in total. The van der Waals surface area contributed by atoms with Crippen molar-refractivity contribution in [1.29, 1.82) is 0 Å². The number of esters is 1. The summed E-state index contributed by atoms with van der Waals surface area (Å²) in [6.45, 7) is 9.43. The summed E-state index contributed by atoms with van der Waals surface area (Å²) in [5.74, 6) is -0.916. The molecule has 1 unspecified atom stereocenters. The number of nitrogens with two attached hydrogens (primary N) is 1. The Morgan fingerprint density at radius 2 is 1.63 bits per heavy atom. The molecule has 0 saturated heterocycles. The first-order chi connectivity index (χ1) is 28.0. The van der Waals surface area contributed by atoms with Crippen LogP contribution in [0.2, 0.25) is 0 Å². The summed E-state index contributed by atoms with van der Waals surface area (Å²) in [5, 5.41) is 38.2. The van der Waals surface area contributed by atoms with E-state index >= 15 is 0 Å². The van der Waals surface area contributed by atoms with Crippen molar-refractivity contribution in [2.45, 2.75) is 142 Å². The molecule has 4 aliphatic rings. The van der Waals surface area contributed by atoms with Gasteiger partial charge in [0.05, 0.1) is 50.7 Å². The Balaban J connectivity index is 1.04. The normalized spacial score (nSPS) is 30.9. The maximum absolute atomic E-state index is 13.4. The van der Waals surface area contributed by atoms with Gasteiger partial charge in [0.15, 0.2) is 5.75 Å². The number of hydrogen-bond acceptors (Lipinski definition) is 11. The lowest BCUT2D eigenvalue weighted by Crippen LogP contribution is -2.59. The van der Waals surface area contributed by atoms with Crippen LogP contribution in [0.4, 0.5) is 5.69 Å². The molecule has 14 heteroatoms. The van der Waals surface area contributed by atoms with E-state index in [4.69, 9.17) is 24.7 Å². The van der Waals surface area contributed by atoms with Crippen molar-refractivity contribution in [2.24, 2.45) is 46.2 Å². The van der Waals surface area contributed by atoms with E-state index in [2.05, 4.69) is 38.3 Å². The number of phenols is 1. The van der Waals surface area contributed by atoms with Crippen LogP contribution in [-0.2, 0) is 28.6 Å². The molecule has 332 valence electrons. The number of methoxy groups -OCH3 is 1. The minimum atomic E-state index is -0.908. The van der Waals surface area contributed by atoms with Crippen LogP contribution in [0.15, 0.2) is 12.1 Å². The Bertz CT molecular complexity index is 1620. The monoisotopic (exact) mass is 830 g/mol. The maximum atomic E-state index is 13.4. The Labute approximate surface area is 350 Å². The van der Waals surface area contributed by atoms with E-state index in [0.717, 1.165) is 64.2 Å². The quantitative estimate of drug-likeness (QED) is 0.0507. The standard InChI is InChI=1S/C45H71N3O11/c1-6-7-8-9-18-45(4,55)36-13-10-30-29-26-35(32-25-28(49)16-19-43(32,2)31(29)17-20-44(30,36)3)59-39(52)15-14-37(50)47-21-22-57-23-24-58-27-38(51)48-33-11-12-34(56-5)40(41(33)53)42(46)54/h11-12,28-32,35-36,49,53,55H,6-10,13-27H2,1-5H3,(H2,46,54)(H,47,50)(H,48,51)/t28-,29-,30-,31-,32+,35?,36-,43+,44-,45-/m0/s1. The first-order valence-corrected chi connectivity index (χ1v) is 22.1. The largest absolute Gasteiger partial charge is 0.505 e. The Hall–Kier alpha value is -3.46. The van der Waals surface area contributed by atoms with Crippen molar-refractivity contribution in [3.8, 4) is 11.5 Å². The van der Waals surface area contributed by atoms with Gasteiger partial charge in [-0.1, -0.05) is 46.5 Å². The predicted molar refractivity (Wildman–Crippen MR) is 222 cm³/mol. The number of fused-ring (bicyclic) bond motifs is 5. The second kappa shape index (κ2) is 20.4. The van der Waals surface area contributed by atoms with Gasteiger partial charge in [-0.3, -0.25) is 19.2 Å². The molecule has 10 atom stereocenters. The molecular weight excluding hydrogens is 759 g/mol. The number of benzene rings is 1. The summed E-state index contributed by atoms with van der Waals surface area (Å²) in [6, 6.07) is 2.78. The van der Waals surface area contributed by atoms with E-state index in [1.54, 1.807) is 0 Å². The number of carbonyl (C=O) groups is 4. The van der Waals surface area contributed by atoms with Crippen LogP contribution in [-0.4, -0.2) is 96.9 Å². The fourth-order valence-corrected chi connectivity index (χ4v) is 11.9. The number of aliphatic hydroxyl groups is 2. The summed E-state index contributed by atoms with van der Waals surface area (Å²) >= 11 is 0. The fraction of sp³-hybridized carbons (Fsp3) is 0.778. The third-order valence-electron chi connectivity index (χ3n) is 14.8. The Morgan fingerprint density at radius 1 is 0.898 bits per heavy atom. The van der Waals surface area contributed by atoms with Gasteiger partial charge >= 0.3 is 5.97 Å². The number of hydrogen-bond donors (Lipinski definition) is 6. The molecule has 1 aromatic rings. The predicted octanol–water partition coefficient (Wildman–Crippen LogP) is 5.63. The highest BCUT2D eigenvalue weighted by atomic mass is 16.5. The zero-order valence-corrected chi connectivity index (χ0v) is 36.0. The van der Waals surface area contributed by atoms with E-state index in [-0.39, 0.29) is 97.5 Å². The first kappa shape index (κ1) is 46.6. The molecule has 0 spiro atoms. The summed E-state index contributed by atoms with van der Waals surface area (Å²) in [4.78, 5) is 50.0. The van der Waals surface area contributed by atoms with Crippen LogP contribution >= 0.6 is 0 Å². The lowest BCUT2D eigenvalue weighted by atomic mass is 9.43. The number of anilines is 1. The smallest absolute Gasteiger partial charge is 0.306 e. The molecule has 5 rings (SSSR count). The van der Waals surface area contributed by atoms with E-state index in [1.807, 2.05) is 0 Å². The van der Waals surface area contributed by atoms with Gasteiger partial charge in [-0.2, -0.15) is 0 Å². The van der Waals surface area contributed by atoms with E-state index < -0.39 is 35.2 Å². The molecule has 3 amide bonds. The van der Waals surface area contributed by atoms with Gasteiger partial charge in [0.1, 0.15) is 24.0 Å². The number of nitrogens with one attached hydrogen (secondary N) is 2. The van der Waals surface area contributed by atoms with Gasteiger partial charge < -0.3 is 50.6 Å². The van der Waals surface area contributed by atoms with Gasteiger partial charge in [0, 0.05) is 18.9 Å². The summed E-state index contributed by atoms with van der Waals surface area (Å²) in [5.41, 5.74) is 4.35. The van der Waals surface area contributed by atoms with Gasteiger partial charge in [-0.05, 0) is 111 Å². The van der Waals surface area contributed by atoms with Crippen molar-refractivity contribution in [3.63, 3.8) is 0 Å². The van der Waals surface area contributed by atoms with E-state index in [1.165, 1.54) is 32.1 Å². The molecule has 4 saturated carbocycles. The zero-order valence-electron chi connectivity index (χ0n) is 36.0. The zero-order chi connectivity index (χ0) is 43.0. The highest BCUT2D eigenvalue weighted by Gasteiger charge is 2.64. The number of unbranched alkanes of at least 4 members (excludes halogenated alkanes) is 3. The van der Waals surface area contributed by atoms with Gasteiger partial charge in [-0.15, -0.1) is 0 Å². The van der Waals surface area contributed by atoms with Crippen molar-refractivity contribution < 1.29 is 53.4 Å². The second-order valence-corrected chi connectivity index (χ2v) is 18.5. The maximum Gasteiger partial charge on any atom is 0.306 e. The number of aliphatic hydroxyl groups excluding tert-OH is 1. The minimum absolute atomic E-state index is 0.0131. The highest BCUT2D eigenvalue weighted by Crippen LogP contribution is 2.69. The third-order valence-corrected chi connectivity index (χ3v) is 14.8. The molecule has 4 fully saturated rings. The number of aromatic hydroxyl groups is 1. The Morgan fingerprint density at radius 3 is 2.36 bits per heavy atom. The molecule has 0 heterocycles. The molecule has 0 aromatic heterocycles. The molecule has 4 aliphatic carbocycles. The van der Waals surface area contributed by atoms with Gasteiger partial charge in [0.2, 0.25) is 11.8 Å². The average Bonchev–Trinajstić information content (AvgIpc) is 3.56. The Kier molecular flexibility index (Phi) is 16.1.